The molecule has 1 aliphatic heterocycles. The molecule has 0 aromatic heterocycles. The number of likely N-dealkylation sites (N-methyl/N-ethyl adjacent to an activating group) is 1. The maximum atomic E-state index is 13.8. The third kappa shape index (κ3) is 8.97. The first-order valence-electron chi connectivity index (χ1n) is 16.2. The molecule has 0 saturated heterocycles. The van der Waals surface area contributed by atoms with Crippen LogP contribution in [0.2, 0.25) is 0 Å². The number of fused-ring (bicyclic) bond motifs is 2. The van der Waals surface area contributed by atoms with Crippen molar-refractivity contribution in [3.63, 3.8) is 0 Å². The number of nitrogens with zero attached hydrogens (tertiary/aromatic N) is 1. The van der Waals surface area contributed by atoms with E-state index in [2.05, 4.69) is 16.0 Å². The number of benzene rings is 3. The number of rotatable bonds is 14. The van der Waals surface area contributed by atoms with E-state index in [1.807, 2.05) is 50.2 Å². The minimum atomic E-state index is -1.04. The van der Waals surface area contributed by atoms with Crippen LogP contribution < -0.4 is 20.7 Å². The molecule has 0 spiro atoms. The maximum absolute atomic E-state index is 13.8. The monoisotopic (exact) mass is 658 g/mol. The van der Waals surface area contributed by atoms with Crippen molar-refractivity contribution in [3.05, 3.63) is 77.4 Å². The highest BCUT2D eigenvalue weighted by Crippen LogP contribution is 2.30. The summed E-state index contributed by atoms with van der Waals surface area (Å²) >= 11 is 0. The second-order valence-corrected chi connectivity index (χ2v) is 13.5. The SMILES string of the molecule is CNC(=O)[C@H](Cc1ccccc1)NC(=O)[C@H](CC(C)C)N[C@H](CCN1C(=O)c2cc3ccc(OC)cc3cc2C1=O)C(=O)OC(C)(C)C. The second kappa shape index (κ2) is 15.4. The zero-order chi connectivity index (χ0) is 35.2. The summed E-state index contributed by atoms with van der Waals surface area (Å²) in [6, 6.07) is 15.4. The van der Waals surface area contributed by atoms with Crippen molar-refractivity contribution in [1.82, 2.24) is 20.9 Å². The summed E-state index contributed by atoms with van der Waals surface area (Å²) < 4.78 is 11.0. The molecule has 256 valence electrons. The Morgan fingerprint density at radius 2 is 1.48 bits per heavy atom. The molecule has 0 fully saturated rings. The highest BCUT2D eigenvalue weighted by molar-refractivity contribution is 6.23. The van der Waals surface area contributed by atoms with E-state index >= 15 is 0 Å². The third-order valence-corrected chi connectivity index (χ3v) is 8.06. The van der Waals surface area contributed by atoms with Gasteiger partial charge in [0.05, 0.1) is 24.3 Å². The van der Waals surface area contributed by atoms with E-state index in [-0.39, 0.29) is 42.3 Å². The lowest BCUT2D eigenvalue weighted by molar-refractivity contribution is -0.158. The summed E-state index contributed by atoms with van der Waals surface area (Å²) in [6.07, 6.45) is 0.621. The molecule has 0 bridgehead atoms. The summed E-state index contributed by atoms with van der Waals surface area (Å²) in [5, 5.41) is 10.2. The van der Waals surface area contributed by atoms with Crippen molar-refractivity contribution in [1.29, 1.82) is 0 Å². The van der Waals surface area contributed by atoms with Crippen molar-refractivity contribution in [2.45, 2.75) is 77.6 Å². The molecule has 4 amide bonds. The smallest absolute Gasteiger partial charge is 0.323 e. The Morgan fingerprint density at radius 1 is 0.833 bits per heavy atom. The van der Waals surface area contributed by atoms with Crippen LogP contribution >= 0.6 is 0 Å². The number of ether oxygens (including phenoxy) is 2. The molecule has 0 unspecified atom stereocenters. The quantitative estimate of drug-likeness (QED) is 0.174. The van der Waals surface area contributed by atoms with Gasteiger partial charge in [0.1, 0.15) is 23.4 Å². The first kappa shape index (κ1) is 36.1. The van der Waals surface area contributed by atoms with Gasteiger partial charge in [-0.05, 0) is 80.1 Å². The summed E-state index contributed by atoms with van der Waals surface area (Å²) in [7, 11) is 3.06. The molecule has 1 heterocycles. The number of amides is 4. The van der Waals surface area contributed by atoms with Crippen LogP contribution in [0.1, 0.15) is 73.7 Å². The van der Waals surface area contributed by atoms with Gasteiger partial charge < -0.3 is 20.1 Å². The standard InChI is InChI=1S/C37H46N4O7/c1-22(2)17-30(33(43)40-31(32(42)38-6)18-23-11-9-8-10-12-23)39-29(36(46)48-37(3,4)5)15-16-41-34(44)27-20-24-13-14-26(47-7)19-25(24)21-28(27)35(41)45/h8-14,19-22,29-31,39H,15-18H2,1-7H3,(H,38,42)(H,40,43)/t29-,30+,31+/m1/s1. The molecule has 0 radical (unpaired) electrons. The van der Waals surface area contributed by atoms with Crippen LogP contribution in [0.4, 0.5) is 0 Å². The Labute approximate surface area is 281 Å². The number of nitrogens with one attached hydrogen (secondary N) is 3. The van der Waals surface area contributed by atoms with E-state index in [1.54, 1.807) is 52.1 Å². The van der Waals surface area contributed by atoms with Gasteiger partial charge in [-0.1, -0.05) is 50.2 Å². The van der Waals surface area contributed by atoms with E-state index in [9.17, 15) is 24.0 Å². The van der Waals surface area contributed by atoms with Crippen LogP contribution in [0.3, 0.4) is 0 Å². The Hall–Kier alpha value is -4.77. The number of carbonyl (C=O) groups is 5. The summed E-state index contributed by atoms with van der Waals surface area (Å²) in [5.41, 5.74) is 0.608. The zero-order valence-electron chi connectivity index (χ0n) is 28.7. The lowest BCUT2D eigenvalue weighted by atomic mass is 9.99. The van der Waals surface area contributed by atoms with Crippen LogP contribution in [-0.2, 0) is 25.5 Å². The maximum Gasteiger partial charge on any atom is 0.323 e. The highest BCUT2D eigenvalue weighted by atomic mass is 16.6. The minimum absolute atomic E-state index is 0.00150. The van der Waals surface area contributed by atoms with Crippen LogP contribution in [0.15, 0.2) is 60.7 Å². The number of hydrogen-bond acceptors (Lipinski definition) is 8. The normalized spacial score (nSPS) is 14.8. The highest BCUT2D eigenvalue weighted by Gasteiger charge is 2.38. The molecule has 48 heavy (non-hydrogen) atoms. The van der Waals surface area contributed by atoms with Crippen LogP contribution in [-0.4, -0.2) is 78.9 Å². The average molecular weight is 659 g/mol. The average Bonchev–Trinajstić information content (AvgIpc) is 3.27. The van der Waals surface area contributed by atoms with Crippen molar-refractivity contribution in [3.8, 4) is 5.75 Å². The van der Waals surface area contributed by atoms with Gasteiger partial charge in [-0.15, -0.1) is 0 Å². The van der Waals surface area contributed by atoms with Gasteiger partial charge in [-0.2, -0.15) is 0 Å². The van der Waals surface area contributed by atoms with E-state index in [1.165, 1.54) is 7.05 Å². The Kier molecular flexibility index (Phi) is 11.6. The largest absolute Gasteiger partial charge is 0.497 e. The number of hydrogen-bond donors (Lipinski definition) is 3. The van der Waals surface area contributed by atoms with Crippen molar-refractivity contribution in [2.75, 3.05) is 20.7 Å². The van der Waals surface area contributed by atoms with Crippen LogP contribution in [0.5, 0.6) is 5.75 Å². The predicted molar refractivity (Wildman–Crippen MR) is 183 cm³/mol. The molecule has 0 saturated carbocycles. The summed E-state index contributed by atoms with van der Waals surface area (Å²) in [6.45, 7) is 9.02. The molecule has 3 atom stereocenters. The van der Waals surface area contributed by atoms with Gasteiger partial charge in [0.25, 0.3) is 11.8 Å². The Balaban J connectivity index is 1.56. The number of methoxy groups -OCH3 is 1. The number of imide groups is 1. The second-order valence-electron chi connectivity index (χ2n) is 13.5. The molecule has 3 aromatic rings. The lowest BCUT2D eigenvalue weighted by Gasteiger charge is -2.30. The van der Waals surface area contributed by atoms with E-state index in [0.29, 0.717) is 12.2 Å². The predicted octanol–water partition coefficient (Wildman–Crippen LogP) is 4.02. The van der Waals surface area contributed by atoms with Gasteiger partial charge in [-0.3, -0.25) is 34.2 Å². The fraction of sp³-hybridized carbons (Fsp3) is 0.432. The zero-order valence-corrected chi connectivity index (χ0v) is 28.7. The van der Waals surface area contributed by atoms with Gasteiger partial charge >= 0.3 is 5.97 Å². The Morgan fingerprint density at radius 3 is 2.06 bits per heavy atom. The molecule has 4 rings (SSSR count). The molecular formula is C37H46N4O7. The van der Waals surface area contributed by atoms with Crippen molar-refractivity contribution >= 4 is 40.4 Å². The number of esters is 1. The molecule has 3 N–H and O–H groups in total. The summed E-state index contributed by atoms with van der Waals surface area (Å²) in [4.78, 5) is 68.2. The summed E-state index contributed by atoms with van der Waals surface area (Å²) in [5.74, 6) is -1.67. The minimum Gasteiger partial charge on any atom is -0.497 e. The Bertz CT molecular complexity index is 1670. The van der Waals surface area contributed by atoms with E-state index < -0.39 is 47.4 Å². The van der Waals surface area contributed by atoms with E-state index in [0.717, 1.165) is 21.2 Å². The molecule has 11 heteroatoms. The van der Waals surface area contributed by atoms with Gasteiger partial charge in [0.2, 0.25) is 11.8 Å². The van der Waals surface area contributed by atoms with Crippen LogP contribution in [0, 0.1) is 5.92 Å². The van der Waals surface area contributed by atoms with Gasteiger partial charge in [-0.25, -0.2) is 0 Å². The fourth-order valence-electron chi connectivity index (χ4n) is 5.71. The number of carbonyl (C=O) groups excluding carboxylic acids is 5. The lowest BCUT2D eigenvalue weighted by Crippen LogP contribution is -2.57. The topological polar surface area (TPSA) is 143 Å². The van der Waals surface area contributed by atoms with Gasteiger partial charge in [0.15, 0.2) is 0 Å². The van der Waals surface area contributed by atoms with Gasteiger partial charge in [0, 0.05) is 20.0 Å². The molecular weight excluding hydrogens is 612 g/mol. The van der Waals surface area contributed by atoms with Crippen LogP contribution in [0.25, 0.3) is 10.8 Å². The molecule has 0 aliphatic carbocycles. The van der Waals surface area contributed by atoms with Crippen molar-refractivity contribution in [2.24, 2.45) is 5.92 Å². The molecule has 3 aromatic carbocycles. The molecule has 11 nitrogen and oxygen atoms in total. The fourth-order valence-corrected chi connectivity index (χ4v) is 5.71. The third-order valence-electron chi connectivity index (χ3n) is 8.06. The van der Waals surface area contributed by atoms with Crippen molar-refractivity contribution < 1.29 is 33.4 Å². The molecule has 1 aliphatic rings. The first-order valence-corrected chi connectivity index (χ1v) is 16.2. The first-order chi connectivity index (χ1) is 22.7. The van der Waals surface area contributed by atoms with E-state index in [4.69, 9.17) is 9.47 Å².